The van der Waals surface area contributed by atoms with Crippen molar-refractivity contribution < 1.29 is 14.6 Å². The fraction of sp³-hybridized carbons (Fsp3) is 0.269. The summed E-state index contributed by atoms with van der Waals surface area (Å²) in [5, 5.41) is 12.6. The summed E-state index contributed by atoms with van der Waals surface area (Å²) in [6.45, 7) is 7.10. The zero-order valence-corrected chi connectivity index (χ0v) is 18.1. The Morgan fingerprint density at radius 3 is 2.37 bits per heavy atom. The molecule has 0 saturated heterocycles. The second-order valence-electron chi connectivity index (χ2n) is 7.16. The molecule has 0 aliphatic heterocycles. The molecule has 0 heterocycles. The summed E-state index contributed by atoms with van der Waals surface area (Å²) in [7, 11) is 1.53. The number of hydrogen-bond acceptors (Lipinski definition) is 3. The van der Waals surface area contributed by atoms with Gasteiger partial charge in [0.25, 0.3) is 5.91 Å². The Morgan fingerprint density at radius 2 is 1.77 bits per heavy atom. The lowest BCUT2D eigenvalue weighted by molar-refractivity contribution is -0.124. The van der Waals surface area contributed by atoms with Crippen molar-refractivity contribution in [2.45, 2.75) is 27.2 Å². The first-order valence-corrected chi connectivity index (χ1v) is 10.4. The minimum absolute atomic E-state index is 0.0231. The summed E-state index contributed by atoms with van der Waals surface area (Å²) < 4.78 is 5.48. The molecule has 0 radical (unpaired) electrons. The number of amides is 1. The average molecular weight is 404 g/mol. The molecule has 156 valence electrons. The molecule has 30 heavy (non-hydrogen) atoms. The number of methoxy groups -OCH3 is 1. The van der Waals surface area contributed by atoms with Crippen molar-refractivity contribution in [1.82, 2.24) is 4.90 Å². The van der Waals surface area contributed by atoms with Crippen molar-refractivity contribution in [2.75, 3.05) is 20.2 Å². The predicted molar refractivity (Wildman–Crippen MR) is 123 cm³/mol. The minimum atomic E-state index is -0.0231. The first-order valence-electron chi connectivity index (χ1n) is 10.4. The van der Waals surface area contributed by atoms with E-state index in [0.717, 1.165) is 27.5 Å². The van der Waals surface area contributed by atoms with Gasteiger partial charge in [0.05, 0.1) is 7.11 Å². The van der Waals surface area contributed by atoms with Gasteiger partial charge in [0.15, 0.2) is 11.5 Å². The highest BCUT2D eigenvalue weighted by molar-refractivity contribution is 6.23. The Kier molecular flexibility index (Phi) is 6.78. The number of aromatic hydroxyl groups is 1. The highest BCUT2D eigenvalue weighted by Crippen LogP contribution is 2.42. The zero-order valence-electron chi connectivity index (χ0n) is 18.1. The molecule has 0 atom stereocenters. The smallest absolute Gasteiger partial charge is 0.254 e. The number of benzene rings is 3. The van der Waals surface area contributed by atoms with Gasteiger partial charge in [-0.3, -0.25) is 4.79 Å². The molecule has 0 saturated carbocycles. The van der Waals surface area contributed by atoms with Gasteiger partial charge in [-0.2, -0.15) is 0 Å². The average Bonchev–Trinajstić information content (AvgIpc) is 2.77. The maximum atomic E-state index is 13.2. The molecular weight excluding hydrogens is 374 g/mol. The van der Waals surface area contributed by atoms with E-state index in [1.807, 2.05) is 63.2 Å². The molecule has 3 aromatic carbocycles. The Labute approximate surface area is 178 Å². The predicted octanol–water partition coefficient (Wildman–Crippen LogP) is 5.42. The van der Waals surface area contributed by atoms with E-state index < -0.39 is 0 Å². The number of phenolic OH excluding ortho intramolecular Hbond substituents is 1. The van der Waals surface area contributed by atoms with Crippen LogP contribution in [0.5, 0.6) is 11.5 Å². The molecule has 0 bridgehead atoms. The number of ether oxygens (including phenoxy) is 1. The van der Waals surface area contributed by atoms with Gasteiger partial charge in [-0.25, -0.2) is 0 Å². The van der Waals surface area contributed by atoms with Crippen LogP contribution in [0, 0.1) is 0 Å². The van der Waals surface area contributed by atoms with E-state index >= 15 is 0 Å². The van der Waals surface area contributed by atoms with Crippen LogP contribution in [0.15, 0.2) is 60.7 Å². The molecule has 3 aromatic rings. The van der Waals surface area contributed by atoms with Gasteiger partial charge in [0.2, 0.25) is 0 Å². The molecule has 4 nitrogen and oxygen atoms in total. The Balaban J connectivity index is 2.24. The van der Waals surface area contributed by atoms with E-state index in [0.29, 0.717) is 30.8 Å². The van der Waals surface area contributed by atoms with Crippen LogP contribution in [0.2, 0.25) is 0 Å². The van der Waals surface area contributed by atoms with Crippen LogP contribution in [0.3, 0.4) is 0 Å². The lowest BCUT2D eigenvalue weighted by Gasteiger charge is -2.22. The monoisotopic (exact) mass is 403 g/mol. The highest BCUT2D eigenvalue weighted by Gasteiger charge is 2.22. The van der Waals surface area contributed by atoms with Crippen LogP contribution in [-0.2, 0) is 11.2 Å². The third-order valence-electron chi connectivity index (χ3n) is 5.50. The number of nitrogens with zero attached hydrogens (tertiary/aromatic N) is 1. The van der Waals surface area contributed by atoms with E-state index in [-0.39, 0.29) is 11.7 Å². The van der Waals surface area contributed by atoms with Crippen LogP contribution in [-0.4, -0.2) is 36.1 Å². The molecule has 0 aliphatic carbocycles. The number of carbonyl (C=O) groups excluding carboxylic acids is 1. The van der Waals surface area contributed by atoms with Crippen LogP contribution in [0.4, 0.5) is 0 Å². The van der Waals surface area contributed by atoms with Crippen LogP contribution < -0.4 is 4.74 Å². The summed E-state index contributed by atoms with van der Waals surface area (Å²) in [5.74, 6) is 0.447. The lowest BCUT2D eigenvalue weighted by atomic mass is 9.91. The van der Waals surface area contributed by atoms with Crippen molar-refractivity contribution >= 4 is 22.3 Å². The van der Waals surface area contributed by atoms with Gasteiger partial charge in [-0.05, 0) is 55.3 Å². The van der Waals surface area contributed by atoms with Gasteiger partial charge in [-0.15, -0.1) is 0 Å². The molecule has 0 spiro atoms. The number of phenols is 1. The summed E-state index contributed by atoms with van der Waals surface area (Å²) in [5.41, 5.74) is 3.52. The summed E-state index contributed by atoms with van der Waals surface area (Å²) in [6.07, 6.45) is 2.52. The normalized spacial score (nSPS) is 11.5. The van der Waals surface area contributed by atoms with Crippen molar-refractivity contribution in [3.05, 3.63) is 77.4 Å². The first kappa shape index (κ1) is 21.4. The minimum Gasteiger partial charge on any atom is -0.504 e. The van der Waals surface area contributed by atoms with Crippen molar-refractivity contribution in [3.63, 3.8) is 0 Å². The van der Waals surface area contributed by atoms with Gasteiger partial charge in [-0.1, -0.05) is 54.6 Å². The fourth-order valence-corrected chi connectivity index (χ4v) is 3.92. The molecule has 1 amide bonds. The second kappa shape index (κ2) is 9.49. The van der Waals surface area contributed by atoms with Crippen LogP contribution in [0.25, 0.3) is 16.3 Å². The molecular formula is C26H29NO3. The topological polar surface area (TPSA) is 49.8 Å². The van der Waals surface area contributed by atoms with Gasteiger partial charge in [0, 0.05) is 24.0 Å². The van der Waals surface area contributed by atoms with Crippen LogP contribution >= 0.6 is 0 Å². The third kappa shape index (κ3) is 4.04. The Bertz CT molecular complexity index is 1070. The summed E-state index contributed by atoms with van der Waals surface area (Å²) in [4.78, 5) is 15.0. The number of fused-ring (bicyclic) bond motifs is 1. The largest absolute Gasteiger partial charge is 0.504 e. The van der Waals surface area contributed by atoms with Crippen molar-refractivity contribution in [2.24, 2.45) is 0 Å². The molecule has 0 unspecified atom stereocenters. The Morgan fingerprint density at radius 1 is 1.07 bits per heavy atom. The van der Waals surface area contributed by atoms with Gasteiger partial charge >= 0.3 is 0 Å². The van der Waals surface area contributed by atoms with Crippen LogP contribution in [0.1, 0.15) is 37.5 Å². The van der Waals surface area contributed by atoms with E-state index in [9.17, 15) is 9.90 Å². The van der Waals surface area contributed by atoms with E-state index in [1.54, 1.807) is 11.0 Å². The quantitative estimate of drug-likeness (QED) is 0.536. The maximum absolute atomic E-state index is 13.2. The summed E-state index contributed by atoms with van der Waals surface area (Å²) in [6, 6.07) is 17.8. The number of rotatable bonds is 7. The van der Waals surface area contributed by atoms with E-state index in [1.165, 1.54) is 7.11 Å². The summed E-state index contributed by atoms with van der Waals surface area (Å²) >= 11 is 0. The molecule has 4 heteroatoms. The van der Waals surface area contributed by atoms with Gasteiger partial charge in [0.1, 0.15) is 0 Å². The number of carbonyl (C=O) groups is 1. The van der Waals surface area contributed by atoms with Gasteiger partial charge < -0.3 is 14.7 Å². The first-order chi connectivity index (χ1) is 14.5. The SMILES string of the molecule is C/C=C(\C(=O)N(CC)CC)c1cc(OC)c(O)c2c(Cc3ccccc3)cccc12. The molecule has 0 aromatic heterocycles. The standard InChI is InChI=1S/C26H29NO3/c1-5-20(26(29)27(6-2)7-3)22-17-23(30-4)25(28)24-19(14-11-15-21(22)24)16-18-12-9-8-10-13-18/h5,8-15,17,28H,6-7,16H2,1-4H3/b20-5-. The molecule has 3 rings (SSSR count). The number of allylic oxidation sites excluding steroid dienone is 1. The highest BCUT2D eigenvalue weighted by atomic mass is 16.5. The van der Waals surface area contributed by atoms with Crippen molar-refractivity contribution in [3.8, 4) is 11.5 Å². The second-order valence-corrected chi connectivity index (χ2v) is 7.16. The third-order valence-corrected chi connectivity index (χ3v) is 5.50. The zero-order chi connectivity index (χ0) is 21.7. The molecule has 0 aliphatic rings. The van der Waals surface area contributed by atoms with Crippen molar-refractivity contribution in [1.29, 1.82) is 0 Å². The fourth-order valence-electron chi connectivity index (χ4n) is 3.92. The molecule has 1 N–H and O–H groups in total. The lowest BCUT2D eigenvalue weighted by Crippen LogP contribution is -2.31. The number of hydrogen-bond donors (Lipinski definition) is 1. The maximum Gasteiger partial charge on any atom is 0.254 e. The van der Waals surface area contributed by atoms with E-state index in [4.69, 9.17) is 4.74 Å². The molecule has 0 fully saturated rings. The number of likely N-dealkylation sites (N-methyl/N-ethyl adjacent to an activating group) is 1. The van der Waals surface area contributed by atoms with E-state index in [2.05, 4.69) is 12.1 Å². The Hall–Kier alpha value is -3.27.